The third-order valence-electron chi connectivity index (χ3n) is 4.55. The monoisotopic (exact) mass is 391 g/mol. The van der Waals surface area contributed by atoms with E-state index in [0.717, 1.165) is 18.8 Å². The molecule has 1 saturated heterocycles. The smallest absolute Gasteiger partial charge is 0.246 e. The van der Waals surface area contributed by atoms with Crippen LogP contribution in [-0.2, 0) is 4.79 Å². The van der Waals surface area contributed by atoms with Gasteiger partial charge in [-0.2, -0.15) is 0 Å². The number of halogens is 2. The number of benzene rings is 2. The third kappa shape index (κ3) is 4.83. The molecule has 3 rings (SSSR count). The van der Waals surface area contributed by atoms with Gasteiger partial charge < -0.3 is 15.5 Å². The summed E-state index contributed by atoms with van der Waals surface area (Å²) in [5, 5.41) is 7.01. The lowest BCUT2D eigenvalue weighted by Crippen LogP contribution is -2.32. The molecule has 4 nitrogen and oxygen atoms in total. The first-order chi connectivity index (χ1) is 12.5. The van der Waals surface area contributed by atoms with Crippen LogP contribution < -0.4 is 15.5 Å². The largest absolute Gasteiger partial charge is 0.374 e. The number of anilines is 3. The molecular formula is C20H23Cl2N3O. The number of rotatable bonds is 5. The first kappa shape index (κ1) is 18.9. The van der Waals surface area contributed by atoms with Crippen molar-refractivity contribution >= 4 is 46.2 Å². The van der Waals surface area contributed by atoms with E-state index in [-0.39, 0.29) is 5.91 Å². The van der Waals surface area contributed by atoms with Gasteiger partial charge in [0.05, 0.1) is 10.7 Å². The van der Waals surface area contributed by atoms with Gasteiger partial charge >= 0.3 is 0 Å². The number of piperidine rings is 1. The van der Waals surface area contributed by atoms with Gasteiger partial charge in [-0.3, -0.25) is 4.79 Å². The summed E-state index contributed by atoms with van der Waals surface area (Å²) < 4.78 is 0. The van der Waals surface area contributed by atoms with Gasteiger partial charge in [0.15, 0.2) is 0 Å². The SMILES string of the molecule is C[C@H](Nc1ccc(N2CCCCC2)cc1)C(=O)Nc1cc(Cl)ccc1Cl. The van der Waals surface area contributed by atoms with Crippen molar-refractivity contribution in [2.45, 2.75) is 32.2 Å². The van der Waals surface area contributed by atoms with E-state index < -0.39 is 6.04 Å². The van der Waals surface area contributed by atoms with Crippen molar-refractivity contribution in [3.05, 3.63) is 52.5 Å². The molecule has 1 heterocycles. The molecule has 0 aliphatic carbocycles. The lowest BCUT2D eigenvalue weighted by molar-refractivity contribution is -0.116. The lowest BCUT2D eigenvalue weighted by Gasteiger charge is -2.29. The molecule has 1 amide bonds. The highest BCUT2D eigenvalue weighted by molar-refractivity contribution is 6.35. The van der Waals surface area contributed by atoms with Crippen molar-refractivity contribution in [2.24, 2.45) is 0 Å². The first-order valence-corrected chi connectivity index (χ1v) is 9.66. The van der Waals surface area contributed by atoms with Gasteiger partial charge in [0, 0.05) is 29.5 Å². The standard InChI is InChI=1S/C20H23Cl2N3O/c1-14(20(26)24-19-13-15(21)5-10-18(19)22)23-16-6-8-17(9-7-16)25-11-3-2-4-12-25/h5-10,13-14,23H,2-4,11-12H2,1H3,(H,24,26)/t14-/m0/s1. The fraction of sp³-hybridized carbons (Fsp3) is 0.350. The van der Waals surface area contributed by atoms with Crippen LogP contribution in [0.1, 0.15) is 26.2 Å². The third-order valence-corrected chi connectivity index (χ3v) is 5.12. The summed E-state index contributed by atoms with van der Waals surface area (Å²) in [4.78, 5) is 14.8. The van der Waals surface area contributed by atoms with E-state index in [9.17, 15) is 4.79 Å². The Balaban J connectivity index is 1.59. The Bertz CT molecular complexity index is 758. The first-order valence-electron chi connectivity index (χ1n) is 8.90. The molecule has 0 saturated carbocycles. The van der Waals surface area contributed by atoms with Crippen LogP contribution in [0.25, 0.3) is 0 Å². The van der Waals surface area contributed by atoms with Crippen LogP contribution in [0.4, 0.5) is 17.1 Å². The number of carbonyl (C=O) groups excluding carboxylic acids is 1. The topological polar surface area (TPSA) is 44.4 Å². The summed E-state index contributed by atoms with van der Waals surface area (Å²) in [6, 6.07) is 12.8. The molecule has 1 atom stereocenters. The number of hydrogen-bond donors (Lipinski definition) is 2. The molecule has 0 radical (unpaired) electrons. The van der Waals surface area contributed by atoms with Crippen molar-refractivity contribution in [1.82, 2.24) is 0 Å². The Morgan fingerprint density at radius 1 is 1.04 bits per heavy atom. The molecule has 0 bridgehead atoms. The highest BCUT2D eigenvalue weighted by Gasteiger charge is 2.15. The minimum absolute atomic E-state index is 0.172. The highest BCUT2D eigenvalue weighted by Crippen LogP contribution is 2.26. The van der Waals surface area contributed by atoms with Gasteiger partial charge in [0.25, 0.3) is 0 Å². The van der Waals surface area contributed by atoms with Crippen LogP contribution in [-0.4, -0.2) is 25.0 Å². The van der Waals surface area contributed by atoms with Crippen LogP contribution in [0.3, 0.4) is 0 Å². The van der Waals surface area contributed by atoms with E-state index in [4.69, 9.17) is 23.2 Å². The second kappa shape index (κ2) is 8.65. The Morgan fingerprint density at radius 3 is 2.42 bits per heavy atom. The van der Waals surface area contributed by atoms with Gasteiger partial charge in [0.1, 0.15) is 6.04 Å². The van der Waals surface area contributed by atoms with Crippen molar-refractivity contribution in [1.29, 1.82) is 0 Å². The summed E-state index contributed by atoms with van der Waals surface area (Å²) in [5.41, 5.74) is 2.65. The predicted octanol–water partition coefficient (Wildman–Crippen LogP) is 5.42. The molecule has 6 heteroatoms. The van der Waals surface area contributed by atoms with Crippen LogP contribution >= 0.6 is 23.2 Å². The van der Waals surface area contributed by atoms with E-state index in [1.54, 1.807) is 18.2 Å². The van der Waals surface area contributed by atoms with Gasteiger partial charge in [0.2, 0.25) is 5.91 Å². The fourth-order valence-electron chi connectivity index (χ4n) is 3.07. The molecule has 2 aromatic carbocycles. The number of hydrogen-bond acceptors (Lipinski definition) is 3. The molecule has 1 aliphatic rings. The quantitative estimate of drug-likeness (QED) is 0.714. The van der Waals surface area contributed by atoms with E-state index in [0.29, 0.717) is 15.7 Å². The van der Waals surface area contributed by atoms with Crippen molar-refractivity contribution < 1.29 is 4.79 Å². The molecule has 138 valence electrons. The summed E-state index contributed by atoms with van der Waals surface area (Å²) in [7, 11) is 0. The zero-order valence-corrected chi connectivity index (χ0v) is 16.3. The molecular weight excluding hydrogens is 369 g/mol. The average molecular weight is 392 g/mol. The summed E-state index contributed by atoms with van der Waals surface area (Å²) in [6.45, 7) is 4.05. The van der Waals surface area contributed by atoms with Gasteiger partial charge in [-0.25, -0.2) is 0 Å². The maximum atomic E-state index is 12.4. The van der Waals surface area contributed by atoms with Gasteiger partial charge in [-0.15, -0.1) is 0 Å². The maximum absolute atomic E-state index is 12.4. The Morgan fingerprint density at radius 2 is 1.73 bits per heavy atom. The van der Waals surface area contributed by atoms with E-state index >= 15 is 0 Å². The Hall–Kier alpha value is -1.91. The predicted molar refractivity (Wildman–Crippen MR) is 111 cm³/mol. The average Bonchev–Trinajstić information content (AvgIpc) is 2.66. The van der Waals surface area contributed by atoms with Crippen molar-refractivity contribution in [3.8, 4) is 0 Å². The summed E-state index contributed by atoms with van der Waals surface area (Å²) >= 11 is 12.1. The molecule has 1 fully saturated rings. The number of nitrogens with zero attached hydrogens (tertiary/aromatic N) is 1. The van der Waals surface area contributed by atoms with E-state index in [1.807, 2.05) is 19.1 Å². The molecule has 0 aromatic heterocycles. The zero-order valence-electron chi connectivity index (χ0n) is 14.8. The molecule has 2 aromatic rings. The number of carbonyl (C=O) groups is 1. The van der Waals surface area contributed by atoms with Gasteiger partial charge in [-0.05, 0) is 68.7 Å². The second-order valence-electron chi connectivity index (χ2n) is 6.57. The summed E-state index contributed by atoms with van der Waals surface area (Å²) in [6.07, 6.45) is 3.83. The van der Waals surface area contributed by atoms with Crippen molar-refractivity contribution in [3.63, 3.8) is 0 Å². The molecule has 0 unspecified atom stereocenters. The highest BCUT2D eigenvalue weighted by atomic mass is 35.5. The Labute approximate surface area is 164 Å². The van der Waals surface area contributed by atoms with Crippen LogP contribution in [0.2, 0.25) is 10.0 Å². The summed E-state index contributed by atoms with van der Waals surface area (Å²) in [5.74, 6) is -0.172. The molecule has 26 heavy (non-hydrogen) atoms. The van der Waals surface area contributed by atoms with E-state index in [1.165, 1.54) is 24.9 Å². The van der Waals surface area contributed by atoms with E-state index in [2.05, 4.69) is 27.7 Å². The normalized spacial score (nSPS) is 15.4. The maximum Gasteiger partial charge on any atom is 0.246 e. The van der Waals surface area contributed by atoms with Gasteiger partial charge in [-0.1, -0.05) is 23.2 Å². The number of nitrogens with one attached hydrogen (secondary N) is 2. The fourth-order valence-corrected chi connectivity index (χ4v) is 3.41. The zero-order chi connectivity index (χ0) is 18.5. The minimum atomic E-state index is -0.411. The lowest BCUT2D eigenvalue weighted by atomic mass is 10.1. The number of amides is 1. The Kier molecular flexibility index (Phi) is 6.28. The van der Waals surface area contributed by atoms with Crippen molar-refractivity contribution in [2.75, 3.05) is 28.6 Å². The van der Waals surface area contributed by atoms with Crippen LogP contribution in [0, 0.1) is 0 Å². The minimum Gasteiger partial charge on any atom is -0.374 e. The molecule has 0 spiro atoms. The van der Waals surface area contributed by atoms with Crippen LogP contribution in [0.5, 0.6) is 0 Å². The molecule has 2 N–H and O–H groups in total. The second-order valence-corrected chi connectivity index (χ2v) is 7.42. The van der Waals surface area contributed by atoms with Crippen LogP contribution in [0.15, 0.2) is 42.5 Å². The molecule has 1 aliphatic heterocycles.